The molecule has 0 bridgehead atoms. The number of hydrogen-bond donors (Lipinski definition) is 0. The van der Waals surface area contributed by atoms with Crippen LogP contribution < -0.4 is 0 Å². The summed E-state index contributed by atoms with van der Waals surface area (Å²) in [6.07, 6.45) is 0. The van der Waals surface area contributed by atoms with Gasteiger partial charge in [-0.3, -0.25) is 0 Å². The summed E-state index contributed by atoms with van der Waals surface area (Å²) in [5.41, 5.74) is 14.5. The van der Waals surface area contributed by atoms with Crippen LogP contribution in [0.5, 0.6) is 0 Å². The summed E-state index contributed by atoms with van der Waals surface area (Å²) in [7, 11) is 0. The second kappa shape index (κ2) is 14.9. The molecule has 0 heteroatoms. The van der Waals surface area contributed by atoms with Gasteiger partial charge in [-0.05, 0) is 169 Å². The SMILES string of the molecule is c1cc(-c2cc(-c3cccc(-c4ccc5ccccc5c4)c3)cc(-c3c4ccccc4c(-c4ccc5ccccc5c4)c4ccccc34)c2)cc(-c2ccc3ccccc3c2)c1. The molecule has 0 fully saturated rings. The molecule has 0 aromatic heterocycles. The van der Waals surface area contributed by atoms with Gasteiger partial charge in [-0.1, -0.05) is 194 Å². The zero-order valence-electron chi connectivity index (χ0n) is 34.1. The van der Waals surface area contributed by atoms with Gasteiger partial charge in [0.15, 0.2) is 0 Å². The quantitative estimate of drug-likeness (QED) is 0.147. The van der Waals surface area contributed by atoms with Crippen LogP contribution >= 0.6 is 0 Å². The molecule has 0 saturated carbocycles. The van der Waals surface area contributed by atoms with Crippen molar-refractivity contribution in [3.8, 4) is 66.8 Å². The second-order valence-electron chi connectivity index (χ2n) is 16.5. The average molecular weight is 785 g/mol. The van der Waals surface area contributed by atoms with Crippen molar-refractivity contribution in [2.45, 2.75) is 0 Å². The van der Waals surface area contributed by atoms with E-state index in [0.717, 1.165) is 0 Å². The molecule has 0 spiro atoms. The number of fused-ring (bicyclic) bond motifs is 5. The number of benzene rings is 12. The lowest BCUT2D eigenvalue weighted by Gasteiger charge is -2.19. The van der Waals surface area contributed by atoms with Crippen LogP contribution in [0.25, 0.3) is 121 Å². The summed E-state index contributed by atoms with van der Waals surface area (Å²) in [6.45, 7) is 0. The first-order valence-corrected chi connectivity index (χ1v) is 21.5. The Morgan fingerprint density at radius 1 is 0.145 bits per heavy atom. The van der Waals surface area contributed by atoms with Gasteiger partial charge in [-0.2, -0.15) is 0 Å². The minimum atomic E-state index is 1.18. The first kappa shape index (κ1) is 35.8. The van der Waals surface area contributed by atoms with E-state index < -0.39 is 0 Å². The highest BCUT2D eigenvalue weighted by Gasteiger charge is 2.19. The van der Waals surface area contributed by atoms with Gasteiger partial charge in [-0.25, -0.2) is 0 Å². The predicted octanol–water partition coefficient (Wildman–Crippen LogP) is 17.5. The van der Waals surface area contributed by atoms with Gasteiger partial charge >= 0.3 is 0 Å². The number of rotatable bonds is 6. The molecular formula is C62H40. The minimum Gasteiger partial charge on any atom is -0.0616 e. The van der Waals surface area contributed by atoms with Gasteiger partial charge in [0.1, 0.15) is 0 Å². The van der Waals surface area contributed by atoms with Gasteiger partial charge < -0.3 is 0 Å². The van der Waals surface area contributed by atoms with E-state index in [1.807, 2.05) is 0 Å². The molecule has 0 N–H and O–H groups in total. The van der Waals surface area contributed by atoms with Crippen LogP contribution in [0.15, 0.2) is 243 Å². The van der Waals surface area contributed by atoms with Crippen molar-refractivity contribution < 1.29 is 0 Å². The van der Waals surface area contributed by atoms with Gasteiger partial charge in [0.25, 0.3) is 0 Å². The van der Waals surface area contributed by atoms with E-state index in [1.165, 1.54) is 121 Å². The molecule has 12 rings (SSSR count). The highest BCUT2D eigenvalue weighted by Crippen LogP contribution is 2.46. The molecule has 0 aliphatic rings. The molecule has 0 aliphatic heterocycles. The molecule has 12 aromatic carbocycles. The second-order valence-corrected chi connectivity index (χ2v) is 16.5. The third kappa shape index (κ3) is 6.33. The lowest BCUT2D eigenvalue weighted by molar-refractivity contribution is 1.57. The normalized spacial score (nSPS) is 11.5. The van der Waals surface area contributed by atoms with Crippen LogP contribution in [-0.4, -0.2) is 0 Å². The van der Waals surface area contributed by atoms with E-state index in [-0.39, 0.29) is 0 Å². The molecule has 12 aromatic rings. The zero-order chi connectivity index (χ0) is 41.0. The maximum Gasteiger partial charge on any atom is -0.00259 e. The standard InChI is InChI=1S/C62H40/c1-4-16-44-33-51(30-27-41(44)13-1)47-19-11-21-49(35-47)54-38-55(50-22-12-20-48(36-50)52-31-28-42-14-2-5-17-45(42)34-52)40-56(39-54)62-59-25-9-7-23-57(59)61(58-24-8-10-26-60(58)62)53-32-29-43-15-3-6-18-46(43)37-53/h1-40H. The largest absolute Gasteiger partial charge is 0.0616 e. The fraction of sp³-hybridized carbons (Fsp3) is 0. The molecule has 0 nitrogen and oxygen atoms in total. The monoisotopic (exact) mass is 784 g/mol. The minimum absolute atomic E-state index is 1.18. The van der Waals surface area contributed by atoms with Crippen LogP contribution in [-0.2, 0) is 0 Å². The Bertz CT molecular complexity index is 3500. The fourth-order valence-electron chi connectivity index (χ4n) is 9.69. The average Bonchev–Trinajstić information content (AvgIpc) is 3.35. The van der Waals surface area contributed by atoms with Gasteiger partial charge in [0, 0.05) is 0 Å². The first-order valence-electron chi connectivity index (χ1n) is 21.5. The first-order chi connectivity index (χ1) is 30.7. The Hall–Kier alpha value is -8.06. The summed E-state index contributed by atoms with van der Waals surface area (Å²) in [4.78, 5) is 0. The van der Waals surface area contributed by atoms with Crippen molar-refractivity contribution >= 4 is 53.9 Å². The smallest absolute Gasteiger partial charge is 0.00259 e. The molecule has 0 radical (unpaired) electrons. The summed E-state index contributed by atoms with van der Waals surface area (Å²) in [6, 6.07) is 89.7. The van der Waals surface area contributed by atoms with Crippen molar-refractivity contribution in [1.29, 1.82) is 0 Å². The lowest BCUT2D eigenvalue weighted by Crippen LogP contribution is -1.93. The number of hydrogen-bond acceptors (Lipinski definition) is 0. The van der Waals surface area contributed by atoms with E-state index in [4.69, 9.17) is 0 Å². The summed E-state index contributed by atoms with van der Waals surface area (Å²) < 4.78 is 0. The third-order valence-electron chi connectivity index (χ3n) is 12.7. The van der Waals surface area contributed by atoms with Crippen molar-refractivity contribution in [1.82, 2.24) is 0 Å². The Morgan fingerprint density at radius 2 is 0.419 bits per heavy atom. The van der Waals surface area contributed by atoms with E-state index in [9.17, 15) is 0 Å². The molecule has 0 atom stereocenters. The van der Waals surface area contributed by atoms with Crippen LogP contribution in [0.4, 0.5) is 0 Å². The van der Waals surface area contributed by atoms with E-state index in [2.05, 4.69) is 243 Å². The van der Waals surface area contributed by atoms with Gasteiger partial charge in [-0.15, -0.1) is 0 Å². The van der Waals surface area contributed by atoms with Crippen molar-refractivity contribution in [2.75, 3.05) is 0 Å². The van der Waals surface area contributed by atoms with Gasteiger partial charge in [0.2, 0.25) is 0 Å². The third-order valence-corrected chi connectivity index (χ3v) is 12.7. The maximum atomic E-state index is 2.42. The summed E-state index contributed by atoms with van der Waals surface area (Å²) >= 11 is 0. The highest BCUT2D eigenvalue weighted by atomic mass is 14.2. The molecule has 0 amide bonds. The molecule has 0 unspecified atom stereocenters. The maximum absolute atomic E-state index is 2.42. The van der Waals surface area contributed by atoms with Crippen molar-refractivity contribution in [3.63, 3.8) is 0 Å². The zero-order valence-corrected chi connectivity index (χ0v) is 34.1. The highest BCUT2D eigenvalue weighted by molar-refractivity contribution is 6.22. The van der Waals surface area contributed by atoms with E-state index in [1.54, 1.807) is 0 Å². The Balaban J connectivity index is 1.09. The molecule has 0 saturated heterocycles. The van der Waals surface area contributed by atoms with E-state index in [0.29, 0.717) is 0 Å². The predicted molar refractivity (Wildman–Crippen MR) is 267 cm³/mol. The van der Waals surface area contributed by atoms with Gasteiger partial charge in [0.05, 0.1) is 0 Å². The Kier molecular flexibility index (Phi) is 8.61. The Labute approximate surface area is 361 Å². The molecule has 0 aliphatic carbocycles. The molecule has 0 heterocycles. The van der Waals surface area contributed by atoms with Crippen molar-refractivity contribution in [2.24, 2.45) is 0 Å². The lowest BCUT2D eigenvalue weighted by atomic mass is 9.84. The Morgan fingerprint density at radius 3 is 0.839 bits per heavy atom. The van der Waals surface area contributed by atoms with Crippen LogP contribution in [0.3, 0.4) is 0 Å². The summed E-state index contributed by atoms with van der Waals surface area (Å²) in [5.74, 6) is 0. The van der Waals surface area contributed by atoms with Crippen molar-refractivity contribution in [3.05, 3.63) is 243 Å². The molecular weight excluding hydrogens is 745 g/mol. The van der Waals surface area contributed by atoms with Crippen LogP contribution in [0, 0.1) is 0 Å². The van der Waals surface area contributed by atoms with Crippen LogP contribution in [0.1, 0.15) is 0 Å². The fourth-order valence-corrected chi connectivity index (χ4v) is 9.69. The molecule has 288 valence electrons. The molecule has 62 heavy (non-hydrogen) atoms. The van der Waals surface area contributed by atoms with E-state index >= 15 is 0 Å². The topological polar surface area (TPSA) is 0 Å². The van der Waals surface area contributed by atoms with Crippen LogP contribution in [0.2, 0.25) is 0 Å². The summed E-state index contributed by atoms with van der Waals surface area (Å²) in [5, 5.41) is 12.5.